The third-order valence-corrected chi connectivity index (χ3v) is 5.27. The van der Waals surface area contributed by atoms with Gasteiger partial charge in [-0.25, -0.2) is 0 Å². The summed E-state index contributed by atoms with van der Waals surface area (Å²) in [6.45, 7) is 0.527. The summed E-state index contributed by atoms with van der Waals surface area (Å²) in [6.07, 6.45) is 3.00. The fraction of sp³-hybridized carbons (Fsp3) is 0.348. The van der Waals surface area contributed by atoms with Crippen molar-refractivity contribution in [3.05, 3.63) is 71.8 Å². The van der Waals surface area contributed by atoms with Gasteiger partial charge in [0.15, 0.2) is 0 Å². The molecule has 1 aliphatic rings. The maximum Gasteiger partial charge on any atom is 0.246 e. The van der Waals surface area contributed by atoms with Crippen molar-refractivity contribution >= 4 is 18.1 Å². The minimum absolute atomic E-state index is 0.233. The van der Waals surface area contributed by atoms with Crippen LogP contribution in [0, 0.1) is 0 Å². The van der Waals surface area contributed by atoms with Gasteiger partial charge in [-0.1, -0.05) is 60.7 Å². The van der Waals surface area contributed by atoms with E-state index in [1.807, 2.05) is 60.7 Å². The molecular formula is C23H27N3O3. The molecule has 0 spiro atoms. The van der Waals surface area contributed by atoms with Crippen LogP contribution in [-0.2, 0) is 27.2 Å². The molecule has 0 bridgehead atoms. The average Bonchev–Trinajstić information content (AvgIpc) is 3.23. The largest absolute Gasteiger partial charge is 0.343 e. The van der Waals surface area contributed by atoms with Gasteiger partial charge in [-0.15, -0.1) is 0 Å². The van der Waals surface area contributed by atoms with Crippen LogP contribution in [0.2, 0.25) is 0 Å². The zero-order valence-electron chi connectivity index (χ0n) is 16.4. The second kappa shape index (κ2) is 9.98. The molecule has 3 atom stereocenters. The molecule has 2 amide bonds. The summed E-state index contributed by atoms with van der Waals surface area (Å²) in [6, 6.07) is 17.1. The Bertz CT molecular complexity index is 826. The Kier molecular flexibility index (Phi) is 7.14. The molecule has 6 nitrogen and oxygen atoms in total. The Labute approximate surface area is 171 Å². The van der Waals surface area contributed by atoms with Crippen LogP contribution in [0.15, 0.2) is 60.7 Å². The summed E-state index contributed by atoms with van der Waals surface area (Å²) >= 11 is 0. The lowest BCUT2D eigenvalue weighted by Crippen LogP contribution is -2.54. The van der Waals surface area contributed by atoms with Gasteiger partial charge >= 0.3 is 0 Å². The summed E-state index contributed by atoms with van der Waals surface area (Å²) in [5.41, 5.74) is 8.00. The van der Waals surface area contributed by atoms with Crippen molar-refractivity contribution in [1.29, 1.82) is 0 Å². The number of aldehydes is 1. The number of nitrogens with zero attached hydrogens (tertiary/aromatic N) is 1. The van der Waals surface area contributed by atoms with Crippen molar-refractivity contribution < 1.29 is 14.4 Å². The van der Waals surface area contributed by atoms with Crippen LogP contribution in [0.1, 0.15) is 24.0 Å². The highest BCUT2D eigenvalue weighted by atomic mass is 16.2. The van der Waals surface area contributed by atoms with E-state index in [0.29, 0.717) is 25.8 Å². The van der Waals surface area contributed by atoms with Gasteiger partial charge in [0.25, 0.3) is 0 Å². The number of nitrogens with two attached hydrogens (primary N) is 1. The molecule has 3 rings (SSSR count). The van der Waals surface area contributed by atoms with Crippen molar-refractivity contribution in [1.82, 2.24) is 10.2 Å². The predicted molar refractivity (Wildman–Crippen MR) is 111 cm³/mol. The number of hydrogen-bond donors (Lipinski definition) is 2. The fourth-order valence-corrected chi connectivity index (χ4v) is 3.70. The molecule has 1 heterocycles. The first-order valence-electron chi connectivity index (χ1n) is 9.98. The third kappa shape index (κ3) is 5.51. The minimum atomic E-state index is -0.760. The van der Waals surface area contributed by atoms with Crippen molar-refractivity contribution in [2.45, 2.75) is 43.8 Å². The molecule has 1 saturated heterocycles. The van der Waals surface area contributed by atoms with Gasteiger partial charge in [-0.3, -0.25) is 9.59 Å². The van der Waals surface area contributed by atoms with Gasteiger partial charge in [0.05, 0.1) is 12.1 Å². The van der Waals surface area contributed by atoms with E-state index in [-0.39, 0.29) is 11.8 Å². The monoisotopic (exact) mass is 393 g/mol. The topological polar surface area (TPSA) is 92.5 Å². The fourth-order valence-electron chi connectivity index (χ4n) is 3.70. The first kappa shape index (κ1) is 20.7. The molecule has 0 aliphatic carbocycles. The maximum atomic E-state index is 13.1. The summed E-state index contributed by atoms with van der Waals surface area (Å²) in [5, 5.41) is 2.84. The van der Waals surface area contributed by atoms with E-state index < -0.39 is 18.1 Å². The lowest BCUT2D eigenvalue weighted by Gasteiger charge is -2.28. The molecule has 2 aromatic carbocycles. The van der Waals surface area contributed by atoms with Gasteiger partial charge < -0.3 is 20.7 Å². The van der Waals surface area contributed by atoms with Crippen LogP contribution in [0.4, 0.5) is 0 Å². The number of carbonyl (C=O) groups excluding carboxylic acids is 3. The number of nitrogens with one attached hydrogen (secondary N) is 1. The smallest absolute Gasteiger partial charge is 0.246 e. The van der Waals surface area contributed by atoms with E-state index in [2.05, 4.69) is 5.32 Å². The van der Waals surface area contributed by atoms with Gasteiger partial charge in [-0.2, -0.15) is 0 Å². The van der Waals surface area contributed by atoms with Gasteiger partial charge in [-0.05, 0) is 30.4 Å². The summed E-state index contributed by atoms with van der Waals surface area (Å²) < 4.78 is 0. The highest BCUT2D eigenvalue weighted by Gasteiger charge is 2.34. The van der Waals surface area contributed by atoms with E-state index in [9.17, 15) is 14.4 Å². The average molecular weight is 393 g/mol. The van der Waals surface area contributed by atoms with E-state index in [4.69, 9.17) is 5.73 Å². The lowest BCUT2D eigenvalue weighted by molar-refractivity contribution is -0.138. The Hall–Kier alpha value is -2.99. The van der Waals surface area contributed by atoms with E-state index in [1.54, 1.807) is 4.90 Å². The van der Waals surface area contributed by atoms with Crippen molar-refractivity contribution in [2.24, 2.45) is 5.73 Å². The summed E-state index contributed by atoms with van der Waals surface area (Å²) in [5.74, 6) is -0.603. The van der Waals surface area contributed by atoms with Crippen LogP contribution in [0.3, 0.4) is 0 Å². The number of rotatable bonds is 8. The SMILES string of the molecule is N[C@@H](Cc1ccccc1)C(=O)N[C@@H](Cc1ccccc1)C(=O)N1CCC[C@@H]1C=O. The Morgan fingerprint density at radius 3 is 2.21 bits per heavy atom. The number of likely N-dealkylation sites (tertiary alicyclic amines) is 1. The van der Waals surface area contributed by atoms with Gasteiger partial charge in [0.2, 0.25) is 11.8 Å². The first-order chi connectivity index (χ1) is 14.1. The molecule has 0 saturated carbocycles. The minimum Gasteiger partial charge on any atom is -0.343 e. The normalized spacial score (nSPS) is 18.1. The quantitative estimate of drug-likeness (QED) is 0.665. The summed E-state index contributed by atoms with van der Waals surface area (Å²) in [7, 11) is 0. The second-order valence-electron chi connectivity index (χ2n) is 7.42. The zero-order valence-corrected chi connectivity index (χ0v) is 16.4. The summed E-state index contributed by atoms with van der Waals surface area (Å²) in [4.78, 5) is 38.8. The molecule has 2 aromatic rings. The zero-order chi connectivity index (χ0) is 20.6. The molecule has 0 aromatic heterocycles. The molecule has 6 heteroatoms. The Balaban J connectivity index is 1.72. The highest BCUT2D eigenvalue weighted by molar-refractivity contribution is 5.91. The van der Waals surface area contributed by atoms with Crippen LogP contribution in [0.5, 0.6) is 0 Å². The van der Waals surface area contributed by atoms with E-state index in [1.165, 1.54) is 0 Å². The first-order valence-corrected chi connectivity index (χ1v) is 9.98. The number of hydrogen-bond acceptors (Lipinski definition) is 4. The predicted octanol–water partition coefficient (Wildman–Crippen LogP) is 1.47. The van der Waals surface area contributed by atoms with Crippen molar-refractivity contribution in [3.8, 4) is 0 Å². The van der Waals surface area contributed by atoms with Gasteiger partial charge in [0, 0.05) is 13.0 Å². The van der Waals surface area contributed by atoms with Crippen LogP contribution >= 0.6 is 0 Å². The third-order valence-electron chi connectivity index (χ3n) is 5.27. The maximum absolute atomic E-state index is 13.1. The number of benzene rings is 2. The molecule has 1 aliphatic heterocycles. The van der Waals surface area contributed by atoms with Crippen molar-refractivity contribution in [3.63, 3.8) is 0 Å². The molecule has 0 unspecified atom stereocenters. The van der Waals surface area contributed by atoms with Crippen LogP contribution < -0.4 is 11.1 Å². The van der Waals surface area contributed by atoms with Crippen LogP contribution in [-0.4, -0.2) is 47.7 Å². The molecule has 3 N–H and O–H groups in total. The number of amides is 2. The van der Waals surface area contributed by atoms with E-state index >= 15 is 0 Å². The Morgan fingerprint density at radius 2 is 1.62 bits per heavy atom. The second-order valence-corrected chi connectivity index (χ2v) is 7.42. The Morgan fingerprint density at radius 1 is 1.03 bits per heavy atom. The van der Waals surface area contributed by atoms with Crippen LogP contribution in [0.25, 0.3) is 0 Å². The molecule has 0 radical (unpaired) electrons. The molecule has 152 valence electrons. The van der Waals surface area contributed by atoms with E-state index in [0.717, 1.165) is 23.8 Å². The number of carbonyl (C=O) groups is 3. The van der Waals surface area contributed by atoms with Gasteiger partial charge in [0.1, 0.15) is 12.3 Å². The molecular weight excluding hydrogens is 366 g/mol. The molecule has 29 heavy (non-hydrogen) atoms. The lowest BCUT2D eigenvalue weighted by atomic mass is 10.0. The highest BCUT2D eigenvalue weighted by Crippen LogP contribution is 2.18. The standard InChI is InChI=1S/C23H27N3O3/c24-20(14-17-8-3-1-4-9-17)22(28)25-21(15-18-10-5-2-6-11-18)23(29)26-13-7-12-19(26)16-27/h1-6,8-11,16,19-21H,7,12-15,24H2,(H,25,28)/t19-,20+,21+/m1/s1. The van der Waals surface area contributed by atoms with Crippen molar-refractivity contribution in [2.75, 3.05) is 6.54 Å². The molecule has 1 fully saturated rings.